The third-order valence-electron chi connectivity index (χ3n) is 3.87. The van der Waals surface area contributed by atoms with Gasteiger partial charge < -0.3 is 15.2 Å². The molecule has 0 saturated carbocycles. The third kappa shape index (κ3) is 6.12. The molecule has 0 aliphatic carbocycles. The maximum atomic E-state index is 10.1. The Morgan fingerprint density at radius 3 is 2.54 bits per heavy atom. The van der Waals surface area contributed by atoms with E-state index in [0.29, 0.717) is 16.8 Å². The summed E-state index contributed by atoms with van der Waals surface area (Å²) in [4.78, 5) is 2.47. The van der Waals surface area contributed by atoms with Gasteiger partial charge in [0.15, 0.2) is 11.5 Å². The molecule has 7 heteroatoms. The highest BCUT2D eigenvalue weighted by molar-refractivity contribution is 9.10. The van der Waals surface area contributed by atoms with Crippen LogP contribution in [0.5, 0.6) is 11.5 Å². The summed E-state index contributed by atoms with van der Waals surface area (Å²) in [5, 5.41) is 13.5. The second kappa shape index (κ2) is 11.2. The van der Waals surface area contributed by atoms with Gasteiger partial charge in [0.1, 0.15) is 0 Å². The Morgan fingerprint density at radius 1 is 1.38 bits per heavy atom. The zero-order chi connectivity index (χ0) is 16.1. The predicted octanol–water partition coefficient (Wildman–Crippen LogP) is 4.31. The van der Waals surface area contributed by atoms with Crippen LogP contribution in [0.1, 0.15) is 31.9 Å². The van der Waals surface area contributed by atoms with Crippen molar-refractivity contribution in [3.63, 3.8) is 0 Å². The number of piperazine rings is 1. The van der Waals surface area contributed by atoms with Crippen molar-refractivity contribution in [2.45, 2.75) is 26.3 Å². The van der Waals surface area contributed by atoms with E-state index in [0.717, 1.165) is 43.7 Å². The number of ether oxygens (including phenoxy) is 1. The summed E-state index contributed by atoms with van der Waals surface area (Å²) in [5.74, 6) is 0.703. The van der Waals surface area contributed by atoms with Crippen molar-refractivity contribution in [1.82, 2.24) is 10.2 Å². The minimum atomic E-state index is 0. The van der Waals surface area contributed by atoms with E-state index in [1.807, 2.05) is 19.1 Å². The topological polar surface area (TPSA) is 44.7 Å². The molecule has 1 aliphatic rings. The van der Waals surface area contributed by atoms with Crippen molar-refractivity contribution < 1.29 is 9.84 Å². The zero-order valence-electron chi connectivity index (χ0n) is 14.2. The van der Waals surface area contributed by atoms with Crippen LogP contribution in [-0.2, 0) is 0 Å². The van der Waals surface area contributed by atoms with Crippen molar-refractivity contribution >= 4 is 40.7 Å². The van der Waals surface area contributed by atoms with Crippen molar-refractivity contribution in [3.05, 3.63) is 34.3 Å². The Kier molecular flexibility index (Phi) is 11.0. The van der Waals surface area contributed by atoms with Crippen molar-refractivity contribution in [3.8, 4) is 11.5 Å². The van der Waals surface area contributed by atoms with E-state index in [1.165, 1.54) is 0 Å². The van der Waals surface area contributed by atoms with E-state index in [-0.39, 0.29) is 36.6 Å². The van der Waals surface area contributed by atoms with Gasteiger partial charge in [0, 0.05) is 32.2 Å². The summed E-state index contributed by atoms with van der Waals surface area (Å²) < 4.78 is 6.24. The standard InChI is InChI=1S/C17H25BrN2O2.2ClH/c1-4-22-16-11-13(10-14(18)17(16)21)15(9-12(2)3)20-7-5-19-6-8-20;;/h10-11,15,19,21H,2,4-9H2,1,3H3;2*1H/t15-;;/m1../s1. The fraction of sp³-hybridized carbons (Fsp3) is 0.529. The first kappa shape index (κ1) is 23.5. The number of rotatable bonds is 6. The Balaban J connectivity index is 0.00000264. The molecule has 1 aliphatic heterocycles. The van der Waals surface area contributed by atoms with Crippen LogP contribution < -0.4 is 10.1 Å². The molecule has 1 atom stereocenters. The number of hydrogen-bond donors (Lipinski definition) is 2. The number of phenolic OH excluding ortho intramolecular Hbond substituents is 1. The number of hydrogen-bond acceptors (Lipinski definition) is 4. The molecule has 0 unspecified atom stereocenters. The lowest BCUT2D eigenvalue weighted by Gasteiger charge is -2.35. The molecule has 1 saturated heterocycles. The fourth-order valence-electron chi connectivity index (χ4n) is 2.83. The van der Waals surface area contributed by atoms with Gasteiger partial charge in [-0.1, -0.05) is 5.57 Å². The van der Waals surface area contributed by atoms with Crippen LogP contribution in [0, 0.1) is 0 Å². The van der Waals surface area contributed by atoms with Gasteiger partial charge in [-0.05, 0) is 53.9 Å². The maximum absolute atomic E-state index is 10.1. The van der Waals surface area contributed by atoms with E-state index in [4.69, 9.17) is 4.74 Å². The number of nitrogens with one attached hydrogen (secondary N) is 1. The molecule has 0 spiro atoms. The smallest absolute Gasteiger partial charge is 0.172 e. The van der Waals surface area contributed by atoms with Crippen molar-refractivity contribution in [1.29, 1.82) is 0 Å². The first-order valence-corrected chi connectivity index (χ1v) is 8.56. The van der Waals surface area contributed by atoms with Crippen LogP contribution in [0.25, 0.3) is 0 Å². The molecule has 0 amide bonds. The van der Waals surface area contributed by atoms with Gasteiger partial charge in [-0.25, -0.2) is 0 Å². The molecular formula is C17H27BrCl2N2O2. The number of phenols is 1. The molecule has 0 aromatic heterocycles. The van der Waals surface area contributed by atoms with Gasteiger partial charge in [-0.15, -0.1) is 31.4 Å². The van der Waals surface area contributed by atoms with Crippen LogP contribution >= 0.6 is 40.7 Å². The molecule has 1 aromatic carbocycles. The minimum Gasteiger partial charge on any atom is -0.503 e. The number of nitrogens with zero attached hydrogens (tertiary/aromatic N) is 1. The Labute approximate surface area is 165 Å². The Morgan fingerprint density at radius 2 is 2.00 bits per heavy atom. The van der Waals surface area contributed by atoms with Crippen LogP contribution in [-0.4, -0.2) is 42.8 Å². The molecule has 2 N–H and O–H groups in total. The molecule has 138 valence electrons. The monoisotopic (exact) mass is 440 g/mol. The van der Waals surface area contributed by atoms with E-state index in [2.05, 4.69) is 39.6 Å². The van der Waals surface area contributed by atoms with Gasteiger partial charge in [0.2, 0.25) is 0 Å². The van der Waals surface area contributed by atoms with E-state index < -0.39 is 0 Å². The summed E-state index contributed by atoms with van der Waals surface area (Å²) in [6.07, 6.45) is 0.906. The highest BCUT2D eigenvalue weighted by atomic mass is 79.9. The lowest BCUT2D eigenvalue weighted by Crippen LogP contribution is -2.45. The fourth-order valence-corrected chi connectivity index (χ4v) is 3.29. The molecule has 1 fully saturated rings. The molecule has 0 radical (unpaired) electrons. The molecule has 24 heavy (non-hydrogen) atoms. The van der Waals surface area contributed by atoms with Crippen molar-refractivity contribution in [2.24, 2.45) is 0 Å². The van der Waals surface area contributed by atoms with E-state index in [9.17, 15) is 5.11 Å². The van der Waals surface area contributed by atoms with Crippen LogP contribution in [0.4, 0.5) is 0 Å². The van der Waals surface area contributed by atoms with Crippen LogP contribution in [0.3, 0.4) is 0 Å². The van der Waals surface area contributed by atoms with Crippen molar-refractivity contribution in [2.75, 3.05) is 32.8 Å². The normalized spacial score (nSPS) is 15.8. The molecule has 0 bridgehead atoms. The van der Waals surface area contributed by atoms with Gasteiger partial charge in [0.25, 0.3) is 0 Å². The summed E-state index contributed by atoms with van der Waals surface area (Å²) in [7, 11) is 0. The molecule has 1 aromatic rings. The molecule has 4 nitrogen and oxygen atoms in total. The quantitative estimate of drug-likeness (QED) is 0.645. The Hall–Kier alpha value is -0.460. The summed E-state index contributed by atoms with van der Waals surface area (Å²) in [5.41, 5.74) is 2.31. The molecular weight excluding hydrogens is 415 g/mol. The highest BCUT2D eigenvalue weighted by Crippen LogP contribution is 2.39. The SMILES string of the molecule is C=C(C)C[C@H](c1cc(Br)c(O)c(OCC)c1)N1CCNCC1.Cl.Cl. The van der Waals surface area contributed by atoms with E-state index in [1.54, 1.807) is 0 Å². The summed E-state index contributed by atoms with van der Waals surface area (Å²) in [6, 6.07) is 4.21. The van der Waals surface area contributed by atoms with Crippen LogP contribution in [0.2, 0.25) is 0 Å². The summed E-state index contributed by atoms with van der Waals surface area (Å²) in [6.45, 7) is 12.6. The zero-order valence-corrected chi connectivity index (χ0v) is 17.4. The second-order valence-corrected chi connectivity index (χ2v) is 6.60. The number of aromatic hydroxyl groups is 1. The highest BCUT2D eigenvalue weighted by Gasteiger charge is 2.24. The first-order chi connectivity index (χ1) is 10.5. The van der Waals surface area contributed by atoms with Gasteiger partial charge in [-0.3, -0.25) is 4.90 Å². The van der Waals surface area contributed by atoms with Gasteiger partial charge >= 0.3 is 0 Å². The second-order valence-electron chi connectivity index (χ2n) is 5.75. The van der Waals surface area contributed by atoms with E-state index >= 15 is 0 Å². The number of halogens is 3. The van der Waals surface area contributed by atoms with Gasteiger partial charge in [-0.2, -0.15) is 0 Å². The number of benzene rings is 1. The average molecular weight is 442 g/mol. The van der Waals surface area contributed by atoms with Crippen LogP contribution in [0.15, 0.2) is 28.8 Å². The largest absolute Gasteiger partial charge is 0.503 e. The predicted molar refractivity (Wildman–Crippen MR) is 108 cm³/mol. The third-order valence-corrected chi connectivity index (χ3v) is 4.47. The molecule has 2 rings (SSSR count). The molecule has 1 heterocycles. The lowest BCUT2D eigenvalue weighted by molar-refractivity contribution is 0.172. The maximum Gasteiger partial charge on any atom is 0.172 e. The average Bonchev–Trinajstić information content (AvgIpc) is 2.50. The minimum absolute atomic E-state index is 0. The Bertz CT molecular complexity index is 538. The van der Waals surface area contributed by atoms with Gasteiger partial charge in [0.05, 0.1) is 11.1 Å². The first-order valence-electron chi connectivity index (χ1n) is 7.77. The summed E-state index contributed by atoms with van der Waals surface area (Å²) >= 11 is 3.44. The lowest BCUT2D eigenvalue weighted by atomic mass is 9.97.